The minimum absolute atomic E-state index is 0.0263. The summed E-state index contributed by atoms with van der Waals surface area (Å²) < 4.78 is 31.5. The second-order valence-corrected chi connectivity index (χ2v) is 6.62. The molecule has 0 saturated carbocycles. The molecular weight excluding hydrogens is 298 g/mol. The van der Waals surface area contributed by atoms with Gasteiger partial charge < -0.3 is 4.74 Å². The SMILES string of the molecule is COc1ncccc1NS(=O)(=O)c1cnc(Cl)s1. The van der Waals surface area contributed by atoms with Crippen molar-refractivity contribution in [3.8, 4) is 5.88 Å². The zero-order valence-corrected chi connectivity index (χ0v) is 11.5. The third-order valence-electron chi connectivity index (χ3n) is 1.93. The van der Waals surface area contributed by atoms with Crippen LogP contribution in [0.2, 0.25) is 4.47 Å². The first kappa shape index (κ1) is 13.1. The highest BCUT2D eigenvalue weighted by Crippen LogP contribution is 2.27. The number of sulfonamides is 1. The van der Waals surface area contributed by atoms with E-state index < -0.39 is 10.0 Å². The van der Waals surface area contributed by atoms with Crippen LogP contribution in [-0.4, -0.2) is 25.5 Å². The molecule has 0 bridgehead atoms. The number of hydrogen-bond donors (Lipinski definition) is 1. The summed E-state index contributed by atoms with van der Waals surface area (Å²) in [5, 5.41) is 0. The standard InChI is InChI=1S/C9H8ClN3O3S2/c1-16-8-6(3-2-4-11-8)13-18(14,15)7-5-12-9(10)17-7/h2-5,13H,1H3. The molecule has 0 unspecified atom stereocenters. The molecule has 0 aliphatic heterocycles. The van der Waals surface area contributed by atoms with E-state index in [1.165, 1.54) is 19.5 Å². The summed E-state index contributed by atoms with van der Waals surface area (Å²) in [6.07, 6.45) is 2.69. The third kappa shape index (κ3) is 2.71. The molecule has 1 N–H and O–H groups in total. The molecule has 6 nitrogen and oxygen atoms in total. The number of rotatable bonds is 4. The number of methoxy groups -OCH3 is 1. The van der Waals surface area contributed by atoms with E-state index in [2.05, 4.69) is 14.7 Å². The first-order chi connectivity index (χ1) is 8.53. The average Bonchev–Trinajstić information content (AvgIpc) is 2.77. The highest BCUT2D eigenvalue weighted by atomic mass is 35.5. The predicted molar refractivity (Wildman–Crippen MR) is 68.7 cm³/mol. The van der Waals surface area contributed by atoms with Crippen molar-refractivity contribution >= 4 is 38.6 Å². The molecule has 2 heterocycles. The van der Waals surface area contributed by atoms with Gasteiger partial charge in [-0.25, -0.2) is 18.4 Å². The van der Waals surface area contributed by atoms with Gasteiger partial charge in [-0.1, -0.05) is 22.9 Å². The lowest BCUT2D eigenvalue weighted by Crippen LogP contribution is -2.12. The van der Waals surface area contributed by atoms with Gasteiger partial charge in [-0.2, -0.15) is 0 Å². The van der Waals surface area contributed by atoms with E-state index in [4.69, 9.17) is 16.3 Å². The number of ether oxygens (including phenoxy) is 1. The lowest BCUT2D eigenvalue weighted by molar-refractivity contribution is 0.400. The minimum atomic E-state index is -3.72. The first-order valence-electron chi connectivity index (χ1n) is 4.66. The number of nitrogens with zero attached hydrogens (tertiary/aromatic N) is 2. The molecule has 2 rings (SSSR count). The van der Waals surface area contributed by atoms with Gasteiger partial charge in [0.1, 0.15) is 5.69 Å². The molecule has 0 atom stereocenters. The Balaban J connectivity index is 2.33. The van der Waals surface area contributed by atoms with E-state index in [0.29, 0.717) is 0 Å². The van der Waals surface area contributed by atoms with E-state index >= 15 is 0 Å². The van der Waals surface area contributed by atoms with Crippen LogP contribution in [0.3, 0.4) is 0 Å². The van der Waals surface area contributed by atoms with Crippen LogP contribution in [0.1, 0.15) is 0 Å². The molecule has 0 fully saturated rings. The predicted octanol–water partition coefficient (Wildman–Crippen LogP) is 2.00. The maximum absolute atomic E-state index is 12.0. The smallest absolute Gasteiger partial charge is 0.273 e. The fourth-order valence-electron chi connectivity index (χ4n) is 1.19. The quantitative estimate of drug-likeness (QED) is 0.934. The van der Waals surface area contributed by atoms with Crippen molar-refractivity contribution in [2.45, 2.75) is 4.21 Å². The second kappa shape index (κ2) is 5.09. The maximum Gasteiger partial charge on any atom is 0.273 e. The van der Waals surface area contributed by atoms with Gasteiger partial charge in [-0.3, -0.25) is 4.72 Å². The monoisotopic (exact) mass is 305 g/mol. The number of hydrogen-bond acceptors (Lipinski definition) is 6. The van der Waals surface area contributed by atoms with Crippen molar-refractivity contribution in [3.05, 3.63) is 29.0 Å². The van der Waals surface area contributed by atoms with E-state index in [1.807, 2.05) is 0 Å². The van der Waals surface area contributed by atoms with Crippen LogP contribution in [-0.2, 0) is 10.0 Å². The third-order valence-corrected chi connectivity index (χ3v) is 4.87. The largest absolute Gasteiger partial charge is 0.480 e. The Hall–Kier alpha value is -1.38. The zero-order chi connectivity index (χ0) is 13.2. The summed E-state index contributed by atoms with van der Waals surface area (Å²) in [7, 11) is -2.32. The van der Waals surface area contributed by atoms with Gasteiger partial charge in [0.05, 0.1) is 13.3 Å². The molecule has 0 saturated heterocycles. The molecule has 0 aromatic carbocycles. The van der Waals surface area contributed by atoms with Gasteiger partial charge in [0.2, 0.25) is 5.88 Å². The highest BCUT2D eigenvalue weighted by Gasteiger charge is 2.19. The number of halogens is 1. The maximum atomic E-state index is 12.0. The van der Waals surface area contributed by atoms with Gasteiger partial charge in [0, 0.05) is 6.20 Å². The number of pyridine rings is 1. The van der Waals surface area contributed by atoms with Crippen molar-refractivity contribution < 1.29 is 13.2 Å². The average molecular weight is 306 g/mol. The van der Waals surface area contributed by atoms with Gasteiger partial charge in [-0.05, 0) is 12.1 Å². The fourth-order valence-corrected chi connectivity index (χ4v) is 3.54. The van der Waals surface area contributed by atoms with Crippen LogP contribution >= 0.6 is 22.9 Å². The Morgan fingerprint density at radius 3 is 2.83 bits per heavy atom. The lowest BCUT2D eigenvalue weighted by atomic mass is 10.4. The number of nitrogens with one attached hydrogen (secondary N) is 1. The van der Waals surface area contributed by atoms with Gasteiger partial charge in [0.15, 0.2) is 8.68 Å². The summed E-state index contributed by atoms with van der Waals surface area (Å²) in [6.45, 7) is 0. The van der Waals surface area contributed by atoms with Crippen LogP contribution in [0.4, 0.5) is 5.69 Å². The van der Waals surface area contributed by atoms with Crippen LogP contribution in [0.15, 0.2) is 28.7 Å². The van der Waals surface area contributed by atoms with E-state index in [-0.39, 0.29) is 20.2 Å². The first-order valence-corrected chi connectivity index (χ1v) is 7.34. The van der Waals surface area contributed by atoms with Crippen molar-refractivity contribution in [3.63, 3.8) is 0 Å². The zero-order valence-electron chi connectivity index (χ0n) is 9.12. The molecule has 96 valence electrons. The minimum Gasteiger partial charge on any atom is -0.480 e. The Bertz CT molecular complexity index is 657. The molecule has 0 radical (unpaired) electrons. The van der Waals surface area contributed by atoms with E-state index in [1.54, 1.807) is 12.1 Å². The van der Waals surface area contributed by atoms with E-state index in [9.17, 15) is 8.42 Å². The van der Waals surface area contributed by atoms with Crippen molar-refractivity contribution in [1.29, 1.82) is 0 Å². The molecular formula is C9H8ClN3O3S2. The summed E-state index contributed by atoms with van der Waals surface area (Å²) in [5.74, 6) is 0.191. The molecule has 2 aromatic heterocycles. The number of anilines is 1. The molecule has 0 aliphatic carbocycles. The number of aromatic nitrogens is 2. The summed E-state index contributed by atoms with van der Waals surface area (Å²) >= 11 is 6.48. The van der Waals surface area contributed by atoms with E-state index in [0.717, 1.165) is 11.3 Å². The van der Waals surface area contributed by atoms with Crippen molar-refractivity contribution in [1.82, 2.24) is 9.97 Å². The molecule has 18 heavy (non-hydrogen) atoms. The summed E-state index contributed by atoms with van der Waals surface area (Å²) in [6, 6.07) is 3.14. The number of thiazole rings is 1. The Morgan fingerprint density at radius 1 is 1.44 bits per heavy atom. The van der Waals surface area contributed by atoms with Crippen LogP contribution in [0, 0.1) is 0 Å². The van der Waals surface area contributed by atoms with Crippen LogP contribution < -0.4 is 9.46 Å². The molecule has 0 amide bonds. The second-order valence-electron chi connectivity index (χ2n) is 3.10. The van der Waals surface area contributed by atoms with Crippen molar-refractivity contribution in [2.75, 3.05) is 11.8 Å². The Labute approximate surface area is 113 Å². The normalized spacial score (nSPS) is 11.2. The summed E-state index contributed by atoms with van der Waals surface area (Å²) in [4.78, 5) is 7.58. The van der Waals surface area contributed by atoms with Crippen LogP contribution in [0.5, 0.6) is 5.88 Å². The fraction of sp³-hybridized carbons (Fsp3) is 0.111. The molecule has 0 spiro atoms. The Kier molecular flexibility index (Phi) is 3.69. The molecule has 0 aliphatic rings. The topological polar surface area (TPSA) is 81.2 Å². The molecule has 2 aromatic rings. The lowest BCUT2D eigenvalue weighted by Gasteiger charge is -2.08. The van der Waals surface area contributed by atoms with Crippen molar-refractivity contribution in [2.24, 2.45) is 0 Å². The van der Waals surface area contributed by atoms with Gasteiger partial charge in [-0.15, -0.1) is 0 Å². The van der Waals surface area contributed by atoms with Gasteiger partial charge >= 0.3 is 0 Å². The van der Waals surface area contributed by atoms with Crippen LogP contribution in [0.25, 0.3) is 0 Å². The van der Waals surface area contributed by atoms with Gasteiger partial charge in [0.25, 0.3) is 10.0 Å². The molecule has 9 heteroatoms. The highest BCUT2D eigenvalue weighted by molar-refractivity contribution is 7.94. The summed E-state index contributed by atoms with van der Waals surface area (Å²) in [5.41, 5.74) is 0.254. The Morgan fingerprint density at radius 2 is 2.22 bits per heavy atom.